The van der Waals surface area contributed by atoms with Crippen LogP contribution in [0.15, 0.2) is 23.1 Å². The second-order valence-corrected chi connectivity index (χ2v) is 5.76. The number of carboxylic acid groups (broad SMARTS) is 1. The van der Waals surface area contributed by atoms with Crippen molar-refractivity contribution in [2.24, 2.45) is 0 Å². The molecule has 1 aliphatic rings. The van der Waals surface area contributed by atoms with Gasteiger partial charge in [-0.1, -0.05) is 6.07 Å². The SMILES string of the molecule is COc1cc(/C=C2\SC(=O)N(CCCC(=O)O)C2=O)ccc1O. The number of imide groups is 1. The molecule has 1 aromatic carbocycles. The molecular weight excluding hydrogens is 322 g/mol. The number of aliphatic carboxylic acids is 1. The van der Waals surface area contributed by atoms with Crippen LogP contribution in [-0.4, -0.2) is 45.9 Å². The van der Waals surface area contributed by atoms with Crippen molar-refractivity contribution in [1.82, 2.24) is 4.90 Å². The first-order valence-electron chi connectivity index (χ1n) is 6.76. The molecule has 0 atom stereocenters. The minimum absolute atomic E-state index is 0.0218. The van der Waals surface area contributed by atoms with Crippen molar-refractivity contribution >= 4 is 35.0 Å². The molecule has 1 aliphatic heterocycles. The van der Waals surface area contributed by atoms with E-state index < -0.39 is 17.1 Å². The molecule has 0 bridgehead atoms. The Morgan fingerprint density at radius 2 is 2.13 bits per heavy atom. The molecule has 1 saturated heterocycles. The second kappa shape index (κ2) is 7.19. The van der Waals surface area contributed by atoms with Crippen molar-refractivity contribution < 1.29 is 29.3 Å². The quantitative estimate of drug-likeness (QED) is 0.767. The van der Waals surface area contributed by atoms with Gasteiger partial charge in [-0.05, 0) is 42.0 Å². The smallest absolute Gasteiger partial charge is 0.303 e. The zero-order valence-electron chi connectivity index (χ0n) is 12.3. The normalized spacial score (nSPS) is 16.2. The summed E-state index contributed by atoms with van der Waals surface area (Å²) < 4.78 is 4.99. The summed E-state index contributed by atoms with van der Waals surface area (Å²) in [6.07, 6.45) is 1.65. The number of amides is 2. The molecule has 0 saturated carbocycles. The molecule has 8 heteroatoms. The fraction of sp³-hybridized carbons (Fsp3) is 0.267. The summed E-state index contributed by atoms with van der Waals surface area (Å²) >= 11 is 0.801. The molecule has 0 spiro atoms. The highest BCUT2D eigenvalue weighted by Gasteiger charge is 2.34. The highest BCUT2D eigenvalue weighted by Crippen LogP contribution is 2.34. The third kappa shape index (κ3) is 4.04. The fourth-order valence-electron chi connectivity index (χ4n) is 2.02. The molecule has 0 unspecified atom stereocenters. The molecule has 23 heavy (non-hydrogen) atoms. The van der Waals surface area contributed by atoms with E-state index in [1.54, 1.807) is 12.1 Å². The Hall–Kier alpha value is -2.48. The Balaban J connectivity index is 2.13. The number of ether oxygens (including phenoxy) is 1. The Bertz CT molecular complexity index is 685. The van der Waals surface area contributed by atoms with Crippen molar-refractivity contribution in [3.63, 3.8) is 0 Å². The minimum Gasteiger partial charge on any atom is -0.504 e. The summed E-state index contributed by atoms with van der Waals surface area (Å²) in [5.41, 5.74) is 0.607. The van der Waals surface area contributed by atoms with Gasteiger partial charge in [-0.15, -0.1) is 0 Å². The first-order chi connectivity index (χ1) is 10.9. The van der Waals surface area contributed by atoms with Gasteiger partial charge in [0.15, 0.2) is 11.5 Å². The maximum Gasteiger partial charge on any atom is 0.303 e. The van der Waals surface area contributed by atoms with Gasteiger partial charge in [-0.25, -0.2) is 0 Å². The predicted molar refractivity (Wildman–Crippen MR) is 84.2 cm³/mol. The van der Waals surface area contributed by atoms with Gasteiger partial charge < -0.3 is 14.9 Å². The maximum atomic E-state index is 12.2. The van der Waals surface area contributed by atoms with E-state index in [2.05, 4.69) is 0 Å². The Labute approximate surface area is 136 Å². The van der Waals surface area contributed by atoms with E-state index in [9.17, 15) is 19.5 Å². The molecule has 1 fully saturated rings. The van der Waals surface area contributed by atoms with Crippen molar-refractivity contribution in [3.8, 4) is 11.5 Å². The Kier molecular flexibility index (Phi) is 5.28. The van der Waals surface area contributed by atoms with E-state index in [1.807, 2.05) is 0 Å². The molecule has 0 radical (unpaired) electrons. The van der Waals surface area contributed by atoms with Crippen molar-refractivity contribution in [3.05, 3.63) is 28.7 Å². The largest absolute Gasteiger partial charge is 0.504 e. The zero-order chi connectivity index (χ0) is 17.0. The average Bonchev–Trinajstić information content (AvgIpc) is 2.76. The van der Waals surface area contributed by atoms with Gasteiger partial charge in [0.25, 0.3) is 11.1 Å². The van der Waals surface area contributed by atoms with Crippen LogP contribution in [0, 0.1) is 0 Å². The number of phenolic OH excluding ortho intramolecular Hbond substituents is 1. The molecule has 2 N–H and O–H groups in total. The highest BCUT2D eigenvalue weighted by molar-refractivity contribution is 8.18. The maximum absolute atomic E-state index is 12.2. The first kappa shape index (κ1) is 16.9. The lowest BCUT2D eigenvalue weighted by atomic mass is 10.2. The van der Waals surface area contributed by atoms with Gasteiger partial charge in [-0.2, -0.15) is 0 Å². The number of aromatic hydroxyl groups is 1. The van der Waals surface area contributed by atoms with Crippen LogP contribution in [0.5, 0.6) is 11.5 Å². The van der Waals surface area contributed by atoms with E-state index in [0.29, 0.717) is 5.56 Å². The van der Waals surface area contributed by atoms with E-state index >= 15 is 0 Å². The molecular formula is C15H15NO6S. The van der Waals surface area contributed by atoms with Crippen LogP contribution in [0.25, 0.3) is 6.08 Å². The molecule has 2 rings (SSSR count). The van der Waals surface area contributed by atoms with Gasteiger partial charge in [0.2, 0.25) is 0 Å². The van der Waals surface area contributed by atoms with Gasteiger partial charge in [0.1, 0.15) is 0 Å². The van der Waals surface area contributed by atoms with Crippen LogP contribution < -0.4 is 4.74 Å². The average molecular weight is 337 g/mol. The van der Waals surface area contributed by atoms with Crippen LogP contribution in [0.2, 0.25) is 0 Å². The third-order valence-corrected chi connectivity index (χ3v) is 4.05. The summed E-state index contributed by atoms with van der Waals surface area (Å²) in [5.74, 6) is -1.17. The molecule has 0 aliphatic carbocycles. The molecule has 1 aromatic rings. The number of hydrogen-bond donors (Lipinski definition) is 2. The van der Waals surface area contributed by atoms with Crippen LogP contribution >= 0.6 is 11.8 Å². The Morgan fingerprint density at radius 1 is 1.39 bits per heavy atom. The standard InChI is InChI=1S/C15H15NO6S/c1-22-11-7-9(4-5-10(11)17)8-12-14(20)16(15(21)23-12)6-2-3-13(18)19/h4-5,7-8,17H,2-3,6H2,1H3,(H,18,19)/b12-8-. The van der Waals surface area contributed by atoms with Crippen LogP contribution in [0.1, 0.15) is 18.4 Å². The lowest BCUT2D eigenvalue weighted by Crippen LogP contribution is -2.29. The highest BCUT2D eigenvalue weighted by atomic mass is 32.2. The number of carbonyl (C=O) groups is 3. The number of carbonyl (C=O) groups excluding carboxylic acids is 2. The zero-order valence-corrected chi connectivity index (χ0v) is 13.1. The minimum atomic E-state index is -0.969. The van der Waals surface area contributed by atoms with Gasteiger partial charge >= 0.3 is 5.97 Å². The summed E-state index contributed by atoms with van der Waals surface area (Å²) in [5, 5.41) is 17.7. The number of benzene rings is 1. The van der Waals surface area contributed by atoms with Crippen molar-refractivity contribution in [2.45, 2.75) is 12.8 Å². The lowest BCUT2D eigenvalue weighted by molar-refractivity contribution is -0.137. The van der Waals surface area contributed by atoms with Crippen LogP contribution in [-0.2, 0) is 9.59 Å². The van der Waals surface area contributed by atoms with Gasteiger partial charge in [0.05, 0.1) is 12.0 Å². The number of thioether (sulfide) groups is 1. The Morgan fingerprint density at radius 3 is 2.78 bits per heavy atom. The lowest BCUT2D eigenvalue weighted by Gasteiger charge is -2.10. The molecule has 1 heterocycles. The number of rotatable bonds is 6. The topological polar surface area (TPSA) is 104 Å². The van der Waals surface area contributed by atoms with Gasteiger partial charge in [-0.3, -0.25) is 19.3 Å². The molecule has 122 valence electrons. The predicted octanol–water partition coefficient (Wildman–Crippen LogP) is 2.30. The van der Waals surface area contributed by atoms with Crippen molar-refractivity contribution in [2.75, 3.05) is 13.7 Å². The van der Waals surface area contributed by atoms with E-state index in [0.717, 1.165) is 16.7 Å². The van der Waals surface area contributed by atoms with E-state index in [4.69, 9.17) is 9.84 Å². The number of phenols is 1. The summed E-state index contributed by atoms with van der Waals surface area (Å²) in [6.45, 7) is 0.0766. The summed E-state index contributed by atoms with van der Waals surface area (Å²) in [7, 11) is 1.41. The van der Waals surface area contributed by atoms with Crippen LogP contribution in [0.3, 0.4) is 0 Å². The first-order valence-corrected chi connectivity index (χ1v) is 7.58. The fourth-order valence-corrected chi connectivity index (χ4v) is 2.88. The monoisotopic (exact) mass is 337 g/mol. The third-order valence-electron chi connectivity index (χ3n) is 3.15. The van der Waals surface area contributed by atoms with E-state index in [1.165, 1.54) is 19.3 Å². The van der Waals surface area contributed by atoms with Gasteiger partial charge in [0, 0.05) is 13.0 Å². The summed E-state index contributed by atoms with van der Waals surface area (Å²) in [6, 6.07) is 4.58. The van der Waals surface area contributed by atoms with E-state index in [-0.39, 0.29) is 35.8 Å². The number of nitrogens with zero attached hydrogens (tertiary/aromatic N) is 1. The van der Waals surface area contributed by atoms with Crippen molar-refractivity contribution in [1.29, 1.82) is 0 Å². The molecule has 2 amide bonds. The van der Waals surface area contributed by atoms with Crippen LogP contribution in [0.4, 0.5) is 4.79 Å². The summed E-state index contributed by atoms with van der Waals surface area (Å²) in [4.78, 5) is 35.8. The second-order valence-electron chi connectivity index (χ2n) is 4.76. The number of methoxy groups -OCH3 is 1. The molecule has 0 aromatic heterocycles. The number of hydrogen-bond acceptors (Lipinski definition) is 6. The molecule has 7 nitrogen and oxygen atoms in total. The number of carboxylic acids is 1.